The van der Waals surface area contributed by atoms with Crippen LogP contribution in [0.1, 0.15) is 0 Å². The Morgan fingerprint density at radius 2 is 1.59 bits per heavy atom. The van der Waals surface area contributed by atoms with Crippen LogP contribution in [0.2, 0.25) is 0 Å². The van der Waals surface area contributed by atoms with Crippen molar-refractivity contribution in [3.8, 4) is 16.9 Å². The Morgan fingerprint density at radius 3 is 2.47 bits per heavy atom. The monoisotopic (exact) mass is 222 g/mol. The summed E-state index contributed by atoms with van der Waals surface area (Å²) in [6.07, 6.45) is 1.68. The first-order valence-corrected chi connectivity index (χ1v) is 5.35. The van der Waals surface area contributed by atoms with Gasteiger partial charge in [-0.3, -0.25) is 0 Å². The van der Waals surface area contributed by atoms with Crippen LogP contribution in [-0.2, 0) is 0 Å². The molecule has 0 bridgehead atoms. The molecular weight excluding hydrogens is 212 g/mol. The minimum absolute atomic E-state index is 0.255. The summed E-state index contributed by atoms with van der Waals surface area (Å²) in [7, 11) is 0. The second kappa shape index (κ2) is 3.87. The molecule has 0 atom stereocenters. The third-order valence-electron chi connectivity index (χ3n) is 2.74. The molecule has 0 fully saturated rings. The van der Waals surface area contributed by atoms with E-state index in [0.29, 0.717) is 0 Å². The standard InChI is InChI=1S/C14H10N2O/c17-14-8-4-2-6-11(14)12-9-15-16-13-7-3-1-5-10(12)13/h1-9,17H. The summed E-state index contributed by atoms with van der Waals surface area (Å²) in [5.74, 6) is 0.255. The molecule has 0 unspecified atom stereocenters. The number of benzene rings is 2. The Balaban J connectivity index is 2.35. The molecule has 82 valence electrons. The van der Waals surface area contributed by atoms with Crippen molar-refractivity contribution >= 4 is 10.9 Å². The Morgan fingerprint density at radius 1 is 0.824 bits per heavy atom. The van der Waals surface area contributed by atoms with Crippen LogP contribution in [0.25, 0.3) is 22.0 Å². The van der Waals surface area contributed by atoms with Crippen LogP contribution < -0.4 is 0 Å². The molecule has 0 saturated carbocycles. The Hall–Kier alpha value is -2.42. The van der Waals surface area contributed by atoms with Crippen LogP contribution in [-0.4, -0.2) is 15.3 Å². The topological polar surface area (TPSA) is 46.0 Å². The molecule has 3 heteroatoms. The van der Waals surface area contributed by atoms with Crippen LogP contribution in [0.3, 0.4) is 0 Å². The van der Waals surface area contributed by atoms with Crippen LogP contribution >= 0.6 is 0 Å². The van der Waals surface area contributed by atoms with Gasteiger partial charge >= 0.3 is 0 Å². The van der Waals surface area contributed by atoms with E-state index in [4.69, 9.17) is 0 Å². The lowest BCUT2D eigenvalue weighted by molar-refractivity contribution is 0.477. The lowest BCUT2D eigenvalue weighted by Crippen LogP contribution is -1.87. The molecule has 3 nitrogen and oxygen atoms in total. The van der Waals surface area contributed by atoms with E-state index in [9.17, 15) is 5.11 Å². The van der Waals surface area contributed by atoms with E-state index in [0.717, 1.165) is 22.0 Å². The predicted molar refractivity (Wildman–Crippen MR) is 66.6 cm³/mol. The molecule has 0 aliphatic carbocycles. The molecular formula is C14H10N2O. The van der Waals surface area contributed by atoms with Crippen LogP contribution in [0.4, 0.5) is 0 Å². The van der Waals surface area contributed by atoms with Gasteiger partial charge in [-0.05, 0) is 12.1 Å². The molecule has 1 aromatic heterocycles. The number of para-hydroxylation sites is 1. The summed E-state index contributed by atoms with van der Waals surface area (Å²) in [6.45, 7) is 0. The van der Waals surface area contributed by atoms with Gasteiger partial charge in [-0.15, -0.1) is 0 Å². The first-order chi connectivity index (χ1) is 8.36. The zero-order chi connectivity index (χ0) is 11.7. The zero-order valence-corrected chi connectivity index (χ0v) is 9.04. The van der Waals surface area contributed by atoms with Gasteiger partial charge in [0.2, 0.25) is 0 Å². The van der Waals surface area contributed by atoms with Gasteiger partial charge in [-0.2, -0.15) is 10.2 Å². The van der Waals surface area contributed by atoms with Crippen molar-refractivity contribution in [2.45, 2.75) is 0 Å². The first-order valence-electron chi connectivity index (χ1n) is 5.35. The average molecular weight is 222 g/mol. The molecule has 3 aromatic rings. The van der Waals surface area contributed by atoms with E-state index in [1.165, 1.54) is 0 Å². The van der Waals surface area contributed by atoms with Gasteiger partial charge in [0.05, 0.1) is 11.7 Å². The second-order valence-corrected chi connectivity index (χ2v) is 3.79. The van der Waals surface area contributed by atoms with E-state index in [-0.39, 0.29) is 5.75 Å². The van der Waals surface area contributed by atoms with Crippen molar-refractivity contribution in [1.29, 1.82) is 0 Å². The maximum Gasteiger partial charge on any atom is 0.123 e. The highest BCUT2D eigenvalue weighted by Gasteiger charge is 2.08. The minimum atomic E-state index is 0.255. The van der Waals surface area contributed by atoms with Crippen molar-refractivity contribution in [3.63, 3.8) is 0 Å². The first kappa shape index (κ1) is 9.78. The van der Waals surface area contributed by atoms with E-state index < -0.39 is 0 Å². The Labute approximate surface area is 98.4 Å². The molecule has 1 N–H and O–H groups in total. The van der Waals surface area contributed by atoms with Crippen molar-refractivity contribution in [1.82, 2.24) is 10.2 Å². The number of phenols is 1. The SMILES string of the molecule is Oc1ccccc1-c1cnnc2ccccc12. The third kappa shape index (κ3) is 1.61. The number of hydrogen-bond acceptors (Lipinski definition) is 3. The maximum absolute atomic E-state index is 9.88. The summed E-state index contributed by atoms with van der Waals surface area (Å²) in [4.78, 5) is 0. The average Bonchev–Trinajstić information content (AvgIpc) is 2.39. The van der Waals surface area contributed by atoms with Crippen molar-refractivity contribution in [2.75, 3.05) is 0 Å². The smallest absolute Gasteiger partial charge is 0.123 e. The summed E-state index contributed by atoms with van der Waals surface area (Å²) in [6, 6.07) is 15.0. The van der Waals surface area contributed by atoms with Gasteiger partial charge in [0.25, 0.3) is 0 Å². The molecule has 2 aromatic carbocycles. The quantitative estimate of drug-likeness (QED) is 0.688. The molecule has 0 aliphatic rings. The van der Waals surface area contributed by atoms with E-state index in [2.05, 4.69) is 10.2 Å². The number of hydrogen-bond donors (Lipinski definition) is 1. The van der Waals surface area contributed by atoms with E-state index in [1.807, 2.05) is 36.4 Å². The highest BCUT2D eigenvalue weighted by molar-refractivity contribution is 5.94. The number of rotatable bonds is 1. The number of nitrogens with zero attached hydrogens (tertiary/aromatic N) is 2. The van der Waals surface area contributed by atoms with Crippen molar-refractivity contribution < 1.29 is 5.11 Å². The van der Waals surface area contributed by atoms with Gasteiger partial charge in [-0.25, -0.2) is 0 Å². The van der Waals surface area contributed by atoms with Gasteiger partial charge in [0, 0.05) is 16.5 Å². The number of aromatic hydroxyl groups is 1. The fourth-order valence-electron chi connectivity index (χ4n) is 1.92. The largest absolute Gasteiger partial charge is 0.507 e. The van der Waals surface area contributed by atoms with Gasteiger partial charge in [0.15, 0.2) is 0 Å². The van der Waals surface area contributed by atoms with Crippen LogP contribution in [0.5, 0.6) is 5.75 Å². The number of phenolic OH excluding ortho intramolecular Hbond substituents is 1. The summed E-state index contributed by atoms with van der Waals surface area (Å²) >= 11 is 0. The molecule has 1 heterocycles. The minimum Gasteiger partial charge on any atom is -0.507 e. The second-order valence-electron chi connectivity index (χ2n) is 3.79. The van der Waals surface area contributed by atoms with Gasteiger partial charge in [0.1, 0.15) is 5.75 Å². The molecule has 0 radical (unpaired) electrons. The van der Waals surface area contributed by atoms with Gasteiger partial charge in [-0.1, -0.05) is 36.4 Å². The van der Waals surface area contributed by atoms with E-state index in [1.54, 1.807) is 18.3 Å². The zero-order valence-electron chi connectivity index (χ0n) is 9.04. The molecule has 3 rings (SSSR count). The molecule has 17 heavy (non-hydrogen) atoms. The van der Waals surface area contributed by atoms with Crippen molar-refractivity contribution in [2.24, 2.45) is 0 Å². The van der Waals surface area contributed by atoms with E-state index >= 15 is 0 Å². The fraction of sp³-hybridized carbons (Fsp3) is 0. The Bertz CT molecular complexity index is 674. The molecule has 0 spiro atoms. The third-order valence-corrected chi connectivity index (χ3v) is 2.74. The summed E-state index contributed by atoms with van der Waals surface area (Å²) < 4.78 is 0. The summed E-state index contributed by atoms with van der Waals surface area (Å²) in [5, 5.41) is 18.9. The van der Waals surface area contributed by atoms with Crippen molar-refractivity contribution in [3.05, 3.63) is 54.7 Å². The lowest BCUT2D eigenvalue weighted by Gasteiger charge is -2.06. The molecule has 0 saturated heterocycles. The highest BCUT2D eigenvalue weighted by Crippen LogP contribution is 2.32. The number of aromatic nitrogens is 2. The predicted octanol–water partition coefficient (Wildman–Crippen LogP) is 3.00. The molecule has 0 aliphatic heterocycles. The van der Waals surface area contributed by atoms with Gasteiger partial charge < -0.3 is 5.11 Å². The summed E-state index contributed by atoms with van der Waals surface area (Å²) in [5.41, 5.74) is 2.50. The fourth-order valence-corrected chi connectivity index (χ4v) is 1.92. The Kier molecular flexibility index (Phi) is 2.22. The maximum atomic E-state index is 9.88. The number of fused-ring (bicyclic) bond motifs is 1. The lowest BCUT2D eigenvalue weighted by atomic mass is 10.0. The normalized spacial score (nSPS) is 10.6. The highest BCUT2D eigenvalue weighted by atomic mass is 16.3. The molecule has 0 amide bonds. The van der Waals surface area contributed by atoms with Crippen LogP contribution in [0.15, 0.2) is 54.7 Å². The van der Waals surface area contributed by atoms with Crippen LogP contribution in [0, 0.1) is 0 Å².